The molecule has 1 saturated carbocycles. The van der Waals surface area contributed by atoms with Crippen molar-refractivity contribution < 1.29 is 13.9 Å². The third-order valence-corrected chi connectivity index (χ3v) is 6.26. The SMILES string of the molecule is CN(CCCc1cc(-c2ccc(F)cc2)n[nH]1)C(=O)C12CCC(CN)(C1)OC2. The lowest BCUT2D eigenvalue weighted by molar-refractivity contribution is -0.142. The number of halogens is 1. The Morgan fingerprint density at radius 1 is 1.36 bits per heavy atom. The quantitative estimate of drug-likeness (QED) is 0.766. The maximum absolute atomic E-state index is 13.0. The molecule has 2 fully saturated rings. The van der Waals surface area contributed by atoms with Crippen LogP contribution in [0.5, 0.6) is 0 Å². The Labute approximate surface area is 164 Å². The van der Waals surface area contributed by atoms with Crippen molar-refractivity contribution in [2.75, 3.05) is 26.7 Å². The average molecular weight is 386 g/mol. The molecule has 28 heavy (non-hydrogen) atoms. The van der Waals surface area contributed by atoms with Crippen molar-refractivity contribution in [2.24, 2.45) is 11.1 Å². The van der Waals surface area contributed by atoms with E-state index in [1.54, 1.807) is 12.1 Å². The van der Waals surface area contributed by atoms with Crippen molar-refractivity contribution in [1.82, 2.24) is 15.1 Å². The number of hydrogen-bond donors (Lipinski definition) is 2. The number of carbonyl (C=O) groups excluding carboxylic acids is 1. The predicted octanol–water partition coefficient (Wildman–Crippen LogP) is 2.50. The first-order valence-corrected chi connectivity index (χ1v) is 9.85. The molecule has 150 valence electrons. The molecular formula is C21H27FN4O2. The molecule has 1 aliphatic carbocycles. The van der Waals surface area contributed by atoms with Gasteiger partial charge in [-0.25, -0.2) is 4.39 Å². The summed E-state index contributed by atoms with van der Waals surface area (Å²) in [6.45, 7) is 1.66. The molecule has 6 nitrogen and oxygen atoms in total. The Morgan fingerprint density at radius 2 is 2.14 bits per heavy atom. The highest BCUT2D eigenvalue weighted by Crippen LogP contribution is 2.53. The normalized spacial score (nSPS) is 26.0. The minimum atomic E-state index is -0.377. The number of aryl methyl sites for hydroxylation is 1. The zero-order chi connectivity index (χ0) is 19.8. The van der Waals surface area contributed by atoms with Gasteiger partial charge in [0.2, 0.25) is 5.91 Å². The van der Waals surface area contributed by atoms with Gasteiger partial charge in [-0.15, -0.1) is 0 Å². The number of ether oxygens (including phenoxy) is 1. The van der Waals surface area contributed by atoms with Gasteiger partial charge in [-0.05, 0) is 62.4 Å². The largest absolute Gasteiger partial charge is 0.373 e. The fraction of sp³-hybridized carbons (Fsp3) is 0.524. The van der Waals surface area contributed by atoms with Crippen molar-refractivity contribution >= 4 is 5.91 Å². The summed E-state index contributed by atoms with van der Waals surface area (Å²) in [7, 11) is 1.87. The van der Waals surface area contributed by atoms with Crippen LogP contribution in [0, 0.1) is 11.2 Å². The van der Waals surface area contributed by atoms with Crippen LogP contribution in [-0.4, -0.2) is 53.3 Å². The number of nitrogens with two attached hydrogens (primary N) is 1. The highest BCUT2D eigenvalue weighted by molar-refractivity contribution is 5.83. The van der Waals surface area contributed by atoms with Crippen LogP contribution >= 0.6 is 0 Å². The van der Waals surface area contributed by atoms with Gasteiger partial charge in [0, 0.05) is 31.4 Å². The summed E-state index contributed by atoms with van der Waals surface area (Å²) in [5.41, 5.74) is 7.89. The van der Waals surface area contributed by atoms with Crippen LogP contribution in [-0.2, 0) is 16.0 Å². The maximum atomic E-state index is 13.0. The smallest absolute Gasteiger partial charge is 0.230 e. The van der Waals surface area contributed by atoms with E-state index in [9.17, 15) is 9.18 Å². The van der Waals surface area contributed by atoms with Gasteiger partial charge in [0.25, 0.3) is 0 Å². The lowest BCUT2D eigenvalue weighted by atomic mass is 9.86. The van der Waals surface area contributed by atoms with E-state index < -0.39 is 0 Å². The number of aromatic amines is 1. The molecule has 2 heterocycles. The summed E-state index contributed by atoms with van der Waals surface area (Å²) >= 11 is 0. The van der Waals surface area contributed by atoms with Gasteiger partial charge in [0.05, 0.1) is 23.3 Å². The highest BCUT2D eigenvalue weighted by atomic mass is 19.1. The van der Waals surface area contributed by atoms with Crippen molar-refractivity contribution in [3.63, 3.8) is 0 Å². The Kier molecular flexibility index (Phi) is 4.97. The number of benzene rings is 1. The van der Waals surface area contributed by atoms with Crippen molar-refractivity contribution in [2.45, 2.75) is 37.7 Å². The van der Waals surface area contributed by atoms with Crippen LogP contribution in [0.1, 0.15) is 31.4 Å². The molecule has 2 aromatic rings. The molecule has 2 bridgehead atoms. The molecule has 2 atom stereocenters. The third-order valence-electron chi connectivity index (χ3n) is 6.26. The second-order valence-corrected chi connectivity index (χ2v) is 8.25. The highest BCUT2D eigenvalue weighted by Gasteiger charge is 2.59. The molecule has 1 aromatic heterocycles. The molecule has 2 aliphatic rings. The van der Waals surface area contributed by atoms with E-state index >= 15 is 0 Å². The molecule has 0 spiro atoms. The molecule has 3 N–H and O–H groups in total. The van der Waals surface area contributed by atoms with Gasteiger partial charge < -0.3 is 15.4 Å². The van der Waals surface area contributed by atoms with Crippen LogP contribution in [0.3, 0.4) is 0 Å². The van der Waals surface area contributed by atoms with Gasteiger partial charge in [-0.2, -0.15) is 5.10 Å². The molecule has 1 saturated heterocycles. The number of fused-ring (bicyclic) bond motifs is 2. The molecular weight excluding hydrogens is 359 g/mol. The van der Waals surface area contributed by atoms with Crippen LogP contribution in [0.25, 0.3) is 11.3 Å². The molecule has 0 radical (unpaired) electrons. The number of carbonyl (C=O) groups is 1. The fourth-order valence-electron chi connectivity index (χ4n) is 4.55. The Hall–Kier alpha value is -2.25. The minimum Gasteiger partial charge on any atom is -0.373 e. The van der Waals surface area contributed by atoms with E-state index in [2.05, 4.69) is 10.2 Å². The number of amides is 1. The van der Waals surface area contributed by atoms with E-state index in [1.807, 2.05) is 18.0 Å². The molecule has 4 rings (SSSR count). The van der Waals surface area contributed by atoms with Gasteiger partial charge in [0.1, 0.15) is 5.82 Å². The summed E-state index contributed by atoms with van der Waals surface area (Å²) in [6, 6.07) is 8.27. The monoisotopic (exact) mass is 386 g/mol. The van der Waals surface area contributed by atoms with Crippen LogP contribution in [0.4, 0.5) is 4.39 Å². The number of H-pyrrole nitrogens is 1. The topological polar surface area (TPSA) is 84.2 Å². The van der Waals surface area contributed by atoms with Crippen molar-refractivity contribution in [3.8, 4) is 11.3 Å². The standard InChI is InChI=1S/C21H27FN4O2/c1-26(19(27)20-8-9-21(12-20,13-23)28-14-20)10-2-3-17-11-18(25-24-17)15-4-6-16(22)7-5-15/h4-7,11H,2-3,8-10,12-14,23H2,1H3,(H,24,25). The van der Waals surface area contributed by atoms with E-state index in [-0.39, 0.29) is 22.7 Å². The summed E-state index contributed by atoms with van der Waals surface area (Å²) in [5.74, 6) is -0.0813. The summed E-state index contributed by atoms with van der Waals surface area (Å²) in [4.78, 5) is 14.8. The Morgan fingerprint density at radius 3 is 2.79 bits per heavy atom. The minimum absolute atomic E-state index is 0.178. The zero-order valence-electron chi connectivity index (χ0n) is 16.2. The third kappa shape index (κ3) is 3.44. The second-order valence-electron chi connectivity index (χ2n) is 8.25. The van der Waals surface area contributed by atoms with Gasteiger partial charge in [0.15, 0.2) is 0 Å². The number of rotatable bonds is 7. The molecule has 2 unspecified atom stereocenters. The lowest BCUT2D eigenvalue weighted by Crippen LogP contribution is -2.42. The average Bonchev–Trinajstić information content (AvgIpc) is 3.43. The lowest BCUT2D eigenvalue weighted by Gasteiger charge is -2.30. The molecule has 1 amide bonds. The maximum Gasteiger partial charge on any atom is 0.230 e. The number of aromatic nitrogens is 2. The Balaban J connectivity index is 1.30. The van der Waals surface area contributed by atoms with Crippen LogP contribution in [0.15, 0.2) is 30.3 Å². The van der Waals surface area contributed by atoms with Crippen LogP contribution < -0.4 is 5.73 Å². The first-order chi connectivity index (χ1) is 13.5. The van der Waals surface area contributed by atoms with Crippen LogP contribution in [0.2, 0.25) is 0 Å². The summed E-state index contributed by atoms with van der Waals surface area (Å²) in [6.07, 6.45) is 4.13. The van der Waals surface area contributed by atoms with Crippen molar-refractivity contribution in [1.29, 1.82) is 0 Å². The molecule has 1 aliphatic heterocycles. The van der Waals surface area contributed by atoms with Gasteiger partial charge in [-0.1, -0.05) is 0 Å². The summed E-state index contributed by atoms with van der Waals surface area (Å²) < 4.78 is 18.9. The Bertz CT molecular complexity index is 840. The first-order valence-electron chi connectivity index (χ1n) is 9.85. The predicted molar refractivity (Wildman–Crippen MR) is 104 cm³/mol. The fourth-order valence-corrected chi connectivity index (χ4v) is 4.55. The molecule has 7 heteroatoms. The molecule has 1 aromatic carbocycles. The first kappa shape index (κ1) is 19.1. The van der Waals surface area contributed by atoms with E-state index in [0.717, 1.165) is 49.1 Å². The van der Waals surface area contributed by atoms with E-state index in [1.165, 1.54) is 12.1 Å². The number of hydrogen-bond acceptors (Lipinski definition) is 4. The number of nitrogens with one attached hydrogen (secondary N) is 1. The second kappa shape index (κ2) is 7.29. The number of nitrogens with zero attached hydrogens (tertiary/aromatic N) is 2. The van der Waals surface area contributed by atoms with Crippen molar-refractivity contribution in [3.05, 3.63) is 41.8 Å². The summed E-state index contributed by atoms with van der Waals surface area (Å²) in [5, 5.41) is 7.34. The van der Waals surface area contributed by atoms with E-state index in [0.29, 0.717) is 19.7 Å². The zero-order valence-corrected chi connectivity index (χ0v) is 16.2. The van der Waals surface area contributed by atoms with Gasteiger partial charge in [-0.3, -0.25) is 9.89 Å². The van der Waals surface area contributed by atoms with E-state index in [4.69, 9.17) is 10.5 Å². The van der Waals surface area contributed by atoms with Gasteiger partial charge >= 0.3 is 0 Å².